The highest BCUT2D eigenvalue weighted by Gasteiger charge is 2.11. The molecule has 0 spiro atoms. The van der Waals surface area contributed by atoms with Gasteiger partial charge in [-0.25, -0.2) is 15.0 Å². The van der Waals surface area contributed by atoms with Gasteiger partial charge in [0.1, 0.15) is 17.5 Å². The predicted molar refractivity (Wildman–Crippen MR) is 102 cm³/mol. The van der Waals surface area contributed by atoms with Gasteiger partial charge in [0.05, 0.1) is 17.2 Å². The van der Waals surface area contributed by atoms with Crippen LogP contribution in [0.4, 0.5) is 11.6 Å². The van der Waals surface area contributed by atoms with Crippen LogP contribution in [-0.4, -0.2) is 29.7 Å². The highest BCUT2D eigenvalue weighted by molar-refractivity contribution is 5.82. The lowest BCUT2D eigenvalue weighted by molar-refractivity contribution is 0.469. The fourth-order valence-electron chi connectivity index (χ4n) is 2.90. The molecule has 0 radical (unpaired) electrons. The van der Waals surface area contributed by atoms with Crippen LogP contribution in [0.15, 0.2) is 61.1 Å². The number of aromatic nitrogens is 6. The lowest BCUT2D eigenvalue weighted by Gasteiger charge is -2.05. The van der Waals surface area contributed by atoms with Gasteiger partial charge in [-0.2, -0.15) is 5.10 Å². The van der Waals surface area contributed by atoms with Gasteiger partial charge in [0.15, 0.2) is 5.65 Å². The average molecular weight is 357 g/mol. The van der Waals surface area contributed by atoms with Crippen LogP contribution in [-0.2, 0) is 7.05 Å². The highest BCUT2D eigenvalue weighted by atomic mass is 16.5. The molecule has 132 valence electrons. The Morgan fingerprint density at radius 1 is 1.07 bits per heavy atom. The first-order chi connectivity index (χ1) is 13.3. The van der Waals surface area contributed by atoms with E-state index in [0.717, 1.165) is 27.8 Å². The van der Waals surface area contributed by atoms with Gasteiger partial charge >= 0.3 is 0 Å². The first kappa shape index (κ1) is 15.3. The molecule has 3 aromatic heterocycles. The number of H-pyrrole nitrogens is 1. The molecule has 3 heterocycles. The van der Waals surface area contributed by atoms with E-state index < -0.39 is 0 Å². The third-order valence-electron chi connectivity index (χ3n) is 4.20. The normalized spacial score (nSPS) is 11.1. The third kappa shape index (κ3) is 2.82. The molecule has 8 nitrogen and oxygen atoms in total. The molecule has 0 aliphatic heterocycles. The zero-order chi connectivity index (χ0) is 18.2. The Hall–Kier alpha value is -3.94. The number of aromatic amines is 1. The van der Waals surface area contributed by atoms with Crippen LogP contribution in [0, 0.1) is 0 Å². The summed E-state index contributed by atoms with van der Waals surface area (Å²) in [4.78, 5) is 16.3. The fraction of sp³-hybridized carbons (Fsp3) is 0.0526. The number of para-hydroxylation sites is 1. The van der Waals surface area contributed by atoms with Gasteiger partial charge < -0.3 is 15.0 Å². The number of nitrogens with zero attached hydrogens (tertiary/aromatic N) is 5. The van der Waals surface area contributed by atoms with Gasteiger partial charge in [-0.3, -0.25) is 4.68 Å². The van der Waals surface area contributed by atoms with E-state index >= 15 is 0 Å². The molecule has 27 heavy (non-hydrogen) atoms. The van der Waals surface area contributed by atoms with Gasteiger partial charge in [-0.15, -0.1) is 0 Å². The first-order valence-corrected chi connectivity index (χ1v) is 8.39. The molecule has 0 bridgehead atoms. The number of hydrogen-bond acceptors (Lipinski definition) is 6. The van der Waals surface area contributed by atoms with Gasteiger partial charge in [-0.1, -0.05) is 18.2 Å². The summed E-state index contributed by atoms with van der Waals surface area (Å²) in [5.74, 6) is 1.79. The zero-order valence-electron chi connectivity index (χ0n) is 14.4. The number of fused-ring (bicyclic) bond motifs is 2. The van der Waals surface area contributed by atoms with Crippen molar-refractivity contribution in [3.8, 4) is 11.6 Å². The van der Waals surface area contributed by atoms with Crippen LogP contribution < -0.4 is 10.1 Å². The Morgan fingerprint density at radius 3 is 2.85 bits per heavy atom. The Kier molecular flexibility index (Phi) is 3.46. The van der Waals surface area contributed by atoms with Crippen LogP contribution >= 0.6 is 0 Å². The minimum Gasteiger partial charge on any atom is -0.438 e. The fourth-order valence-corrected chi connectivity index (χ4v) is 2.90. The number of benzene rings is 2. The number of aryl methyl sites for hydroxylation is 1. The summed E-state index contributed by atoms with van der Waals surface area (Å²) in [6.07, 6.45) is 3.16. The zero-order valence-corrected chi connectivity index (χ0v) is 14.4. The minimum atomic E-state index is 0.467. The molecule has 0 atom stereocenters. The van der Waals surface area contributed by atoms with E-state index in [1.807, 2.05) is 55.6 Å². The van der Waals surface area contributed by atoms with Crippen molar-refractivity contribution in [1.82, 2.24) is 29.7 Å². The molecule has 0 saturated heterocycles. The topological polar surface area (TPSA) is 93.5 Å². The molecule has 8 heteroatoms. The van der Waals surface area contributed by atoms with E-state index in [2.05, 4.69) is 30.4 Å². The number of imidazole rings is 1. The molecule has 0 fully saturated rings. The summed E-state index contributed by atoms with van der Waals surface area (Å²) in [6.45, 7) is 0. The van der Waals surface area contributed by atoms with Gasteiger partial charge in [0.2, 0.25) is 11.8 Å². The highest BCUT2D eigenvalue weighted by Crippen LogP contribution is 2.28. The SMILES string of the molecule is Cn1ncc2c(Oc3ccc4nc(Nc5ccccc5)[nH]c4c3)ncnc21. The molecule has 0 unspecified atom stereocenters. The summed E-state index contributed by atoms with van der Waals surface area (Å²) >= 11 is 0. The van der Waals surface area contributed by atoms with E-state index in [1.165, 1.54) is 6.33 Å². The van der Waals surface area contributed by atoms with E-state index in [4.69, 9.17) is 4.74 Å². The number of ether oxygens (including phenoxy) is 1. The summed E-state index contributed by atoms with van der Waals surface area (Å²) in [6, 6.07) is 15.5. The largest absolute Gasteiger partial charge is 0.438 e. The number of hydrogen-bond donors (Lipinski definition) is 2. The second-order valence-corrected chi connectivity index (χ2v) is 6.04. The quantitative estimate of drug-likeness (QED) is 0.508. The van der Waals surface area contributed by atoms with Crippen molar-refractivity contribution in [1.29, 1.82) is 0 Å². The molecule has 2 N–H and O–H groups in total. The molecule has 0 amide bonds. The van der Waals surface area contributed by atoms with Crippen molar-refractivity contribution >= 4 is 33.7 Å². The summed E-state index contributed by atoms with van der Waals surface area (Å²) in [5, 5.41) is 8.21. The Labute approximate surface area is 153 Å². The van der Waals surface area contributed by atoms with Crippen LogP contribution in [0.5, 0.6) is 11.6 Å². The maximum atomic E-state index is 5.97. The van der Waals surface area contributed by atoms with Crippen molar-refractivity contribution in [2.75, 3.05) is 5.32 Å². The van der Waals surface area contributed by atoms with Crippen LogP contribution in [0.3, 0.4) is 0 Å². The standard InChI is InChI=1S/C19H15N7O/c1-26-17-14(10-22-26)18(21-11-20-17)27-13-7-8-15-16(9-13)25-19(24-15)23-12-5-3-2-4-6-12/h2-11H,1H3,(H2,23,24,25). The van der Waals surface area contributed by atoms with Crippen molar-refractivity contribution in [3.63, 3.8) is 0 Å². The molecule has 2 aromatic carbocycles. The van der Waals surface area contributed by atoms with Crippen molar-refractivity contribution in [3.05, 3.63) is 61.1 Å². The smallest absolute Gasteiger partial charge is 0.233 e. The second kappa shape index (κ2) is 6.10. The average Bonchev–Trinajstić information content (AvgIpc) is 3.26. The monoisotopic (exact) mass is 357 g/mol. The molecule has 5 rings (SSSR count). The minimum absolute atomic E-state index is 0.467. The van der Waals surface area contributed by atoms with Gasteiger partial charge in [-0.05, 0) is 24.3 Å². The van der Waals surface area contributed by atoms with Crippen molar-refractivity contribution in [2.24, 2.45) is 7.05 Å². The Morgan fingerprint density at radius 2 is 1.96 bits per heavy atom. The first-order valence-electron chi connectivity index (χ1n) is 8.39. The van der Waals surface area contributed by atoms with Crippen molar-refractivity contribution < 1.29 is 4.74 Å². The molecule has 0 saturated carbocycles. The lowest BCUT2D eigenvalue weighted by atomic mass is 10.3. The Balaban J connectivity index is 1.45. The molecular formula is C19H15N7O. The van der Waals surface area contributed by atoms with Crippen LogP contribution in [0.25, 0.3) is 22.1 Å². The van der Waals surface area contributed by atoms with E-state index in [9.17, 15) is 0 Å². The van der Waals surface area contributed by atoms with Crippen LogP contribution in [0.1, 0.15) is 0 Å². The number of anilines is 2. The third-order valence-corrected chi connectivity index (χ3v) is 4.20. The van der Waals surface area contributed by atoms with E-state index in [-0.39, 0.29) is 0 Å². The van der Waals surface area contributed by atoms with E-state index in [0.29, 0.717) is 17.6 Å². The molecule has 5 aromatic rings. The Bertz CT molecular complexity index is 1240. The second-order valence-electron chi connectivity index (χ2n) is 6.04. The van der Waals surface area contributed by atoms with Gasteiger partial charge in [0.25, 0.3) is 0 Å². The summed E-state index contributed by atoms with van der Waals surface area (Å²) in [5.41, 5.74) is 3.39. The van der Waals surface area contributed by atoms with E-state index in [1.54, 1.807) is 10.9 Å². The van der Waals surface area contributed by atoms with Crippen LogP contribution in [0.2, 0.25) is 0 Å². The molecular weight excluding hydrogens is 342 g/mol. The predicted octanol–water partition coefficient (Wildman–Crippen LogP) is 3.78. The molecule has 0 aliphatic rings. The number of nitrogens with one attached hydrogen (secondary N) is 2. The number of rotatable bonds is 4. The molecule has 0 aliphatic carbocycles. The maximum Gasteiger partial charge on any atom is 0.233 e. The summed E-state index contributed by atoms with van der Waals surface area (Å²) < 4.78 is 7.65. The maximum absolute atomic E-state index is 5.97. The van der Waals surface area contributed by atoms with Crippen molar-refractivity contribution in [2.45, 2.75) is 0 Å². The van der Waals surface area contributed by atoms with Gasteiger partial charge in [0, 0.05) is 18.8 Å². The lowest BCUT2D eigenvalue weighted by Crippen LogP contribution is -1.94. The summed E-state index contributed by atoms with van der Waals surface area (Å²) in [7, 11) is 1.83.